The van der Waals surface area contributed by atoms with E-state index in [9.17, 15) is 5.11 Å². The highest BCUT2D eigenvalue weighted by Gasteiger charge is 2.46. The maximum atomic E-state index is 16.6. The van der Waals surface area contributed by atoms with Crippen LogP contribution >= 0.6 is 0 Å². The highest BCUT2D eigenvalue weighted by atomic mass is 19.1. The highest BCUT2D eigenvalue weighted by Crippen LogP contribution is 2.50. The molecule has 0 amide bonds. The van der Waals surface area contributed by atoms with Crippen LogP contribution in [0.2, 0.25) is 0 Å². The molecule has 3 fully saturated rings. The lowest BCUT2D eigenvalue weighted by Crippen LogP contribution is -2.43. The third kappa shape index (κ3) is 4.78. The Balaban J connectivity index is 1.34. The lowest BCUT2D eigenvalue weighted by Gasteiger charge is -2.40. The van der Waals surface area contributed by atoms with Crippen molar-refractivity contribution >= 4 is 27.5 Å². The molecule has 0 spiro atoms. The smallest absolute Gasteiger partial charge is 0.319 e. The summed E-state index contributed by atoms with van der Waals surface area (Å²) in [5, 5.41) is 12.6. The van der Waals surface area contributed by atoms with Gasteiger partial charge in [0, 0.05) is 37.3 Å². The molecule has 4 aromatic rings. The minimum absolute atomic E-state index is 0.0478. The fraction of sp³-hybridized carbons (Fsp3) is 0.455. The van der Waals surface area contributed by atoms with Crippen molar-refractivity contribution in [3.63, 3.8) is 0 Å². The summed E-state index contributed by atoms with van der Waals surface area (Å²) in [4.78, 5) is 22.3. The molecule has 2 saturated heterocycles. The predicted molar refractivity (Wildman–Crippen MR) is 161 cm³/mol. The number of aromatic hydroxyl groups is 1. The molecule has 2 unspecified atom stereocenters. The van der Waals surface area contributed by atoms with Crippen LogP contribution in [0.1, 0.15) is 38.5 Å². The number of aromatic nitrogens is 3. The Labute approximate surface area is 245 Å². The molecule has 216 valence electrons. The number of hydrogen-bond donors (Lipinski definition) is 1. The summed E-state index contributed by atoms with van der Waals surface area (Å²) in [6.45, 7) is 11.0. The lowest BCUT2D eigenvalue weighted by molar-refractivity contribution is 0.188. The minimum Gasteiger partial charge on any atom is -0.508 e. The zero-order chi connectivity index (χ0) is 28.8. The summed E-state index contributed by atoms with van der Waals surface area (Å²) in [5.41, 5.74) is 0.882. The van der Waals surface area contributed by atoms with E-state index in [1.165, 1.54) is 0 Å². The molecule has 42 heavy (non-hydrogen) atoms. The normalized spacial score (nSPS) is 24.0. The van der Waals surface area contributed by atoms with Gasteiger partial charge in [-0.15, -0.1) is 0 Å². The molecule has 3 atom stereocenters. The third-order valence-electron chi connectivity index (χ3n) is 9.68. The number of rotatable bonds is 7. The number of phenols is 1. The average Bonchev–Trinajstić information content (AvgIpc) is 3.55. The van der Waals surface area contributed by atoms with Crippen molar-refractivity contribution in [1.82, 2.24) is 19.9 Å². The summed E-state index contributed by atoms with van der Waals surface area (Å²) in [5.74, 6) is 0.651. The second kappa shape index (κ2) is 10.7. The summed E-state index contributed by atoms with van der Waals surface area (Å²) in [7, 11) is 2.09. The Kier molecular flexibility index (Phi) is 6.82. The summed E-state index contributed by atoms with van der Waals surface area (Å²) < 4.78 is 22.8. The van der Waals surface area contributed by atoms with Crippen LogP contribution in [-0.2, 0) is 0 Å². The third-order valence-corrected chi connectivity index (χ3v) is 9.68. The Morgan fingerprint density at radius 3 is 2.90 bits per heavy atom. The van der Waals surface area contributed by atoms with Gasteiger partial charge >= 0.3 is 6.01 Å². The number of phenolic OH excluding ortho intramolecular Hbond substituents is 1. The molecule has 9 heteroatoms. The van der Waals surface area contributed by atoms with Gasteiger partial charge in [0.2, 0.25) is 6.54 Å². The predicted octanol–water partition coefficient (Wildman–Crippen LogP) is 6.08. The van der Waals surface area contributed by atoms with Gasteiger partial charge in [0.25, 0.3) is 0 Å². The van der Waals surface area contributed by atoms with Crippen LogP contribution in [-0.4, -0.2) is 70.8 Å². The molecule has 2 aromatic carbocycles. The molecule has 2 aromatic heterocycles. The van der Waals surface area contributed by atoms with Crippen LogP contribution < -0.4 is 9.64 Å². The number of fused-ring (bicyclic) bond motifs is 4. The maximum absolute atomic E-state index is 16.6. The summed E-state index contributed by atoms with van der Waals surface area (Å²) in [6.07, 6.45) is 8.06. The van der Waals surface area contributed by atoms with Gasteiger partial charge in [0.1, 0.15) is 29.4 Å². The first kappa shape index (κ1) is 26.8. The fourth-order valence-corrected chi connectivity index (χ4v) is 7.53. The van der Waals surface area contributed by atoms with E-state index < -0.39 is 5.82 Å². The van der Waals surface area contributed by atoms with E-state index in [4.69, 9.17) is 16.3 Å². The van der Waals surface area contributed by atoms with Crippen LogP contribution in [0, 0.1) is 23.7 Å². The zero-order valence-electron chi connectivity index (χ0n) is 23.9. The first-order chi connectivity index (χ1) is 20.4. The standard InChI is InChI=1S/C33H35FN6O2/c1-35-12-11-33-10-9-21(16-33)18-40(20-33)31-27-17-36-29(26-15-24(41)14-22-6-3-4-8-25(22)26)28(34)30(27)37-32(38-31)42-19-23-7-5-13-39(23)2/h3-4,6,8,14-15,17,21,23,41H,5,7,9-13,16,18-20H2,2H3/t21?,23-,33?/m0/s1. The van der Waals surface area contributed by atoms with Crippen molar-refractivity contribution in [2.24, 2.45) is 11.3 Å². The van der Waals surface area contributed by atoms with Crippen LogP contribution in [0.25, 0.3) is 37.8 Å². The monoisotopic (exact) mass is 566 g/mol. The maximum Gasteiger partial charge on any atom is 0.319 e. The number of piperidine rings is 1. The number of pyridine rings is 1. The molecule has 1 saturated carbocycles. The molecule has 4 heterocycles. The SMILES string of the molecule is [C-]#[N+]CCC12CCC(CN(c3nc(OC[C@@H]4CCCN4C)nc4c(F)c(-c5cc(O)cc6ccccc56)ncc34)C1)C2. The number of likely N-dealkylation sites (tertiary alicyclic amines) is 1. The second-order valence-corrected chi connectivity index (χ2v) is 12.4. The van der Waals surface area contributed by atoms with Crippen molar-refractivity contribution in [2.45, 2.75) is 44.6 Å². The minimum atomic E-state index is -0.558. The van der Waals surface area contributed by atoms with Crippen molar-refractivity contribution < 1.29 is 14.2 Å². The Morgan fingerprint density at radius 1 is 1.19 bits per heavy atom. The van der Waals surface area contributed by atoms with E-state index in [-0.39, 0.29) is 34.4 Å². The molecular formula is C33H35FN6O2. The van der Waals surface area contributed by atoms with Crippen molar-refractivity contribution in [2.75, 3.05) is 44.7 Å². The number of ether oxygens (including phenoxy) is 1. The number of benzene rings is 2. The molecule has 1 N–H and O–H groups in total. The molecule has 1 aliphatic carbocycles. The van der Waals surface area contributed by atoms with Crippen molar-refractivity contribution in [3.8, 4) is 23.0 Å². The molecule has 7 rings (SSSR count). The lowest BCUT2D eigenvalue weighted by atomic mass is 9.79. The largest absolute Gasteiger partial charge is 0.508 e. The van der Waals surface area contributed by atoms with Gasteiger partial charge in [-0.2, -0.15) is 9.97 Å². The zero-order valence-corrected chi connectivity index (χ0v) is 23.9. The highest BCUT2D eigenvalue weighted by molar-refractivity contribution is 5.99. The van der Waals surface area contributed by atoms with Crippen LogP contribution in [0.3, 0.4) is 0 Å². The van der Waals surface area contributed by atoms with Crippen LogP contribution in [0.5, 0.6) is 11.8 Å². The van der Waals surface area contributed by atoms with Gasteiger partial charge in [-0.25, -0.2) is 11.0 Å². The van der Waals surface area contributed by atoms with E-state index >= 15 is 4.39 Å². The van der Waals surface area contributed by atoms with Gasteiger partial charge in [0.05, 0.1) is 5.39 Å². The first-order valence-electron chi connectivity index (χ1n) is 14.9. The Morgan fingerprint density at radius 2 is 2.07 bits per heavy atom. The van der Waals surface area contributed by atoms with Crippen molar-refractivity contribution in [3.05, 3.63) is 59.8 Å². The number of anilines is 1. The topological polar surface area (TPSA) is 79.0 Å². The number of hydrogen-bond acceptors (Lipinski definition) is 7. The molecule has 2 aliphatic heterocycles. The fourth-order valence-electron chi connectivity index (χ4n) is 7.53. The number of likely N-dealkylation sites (N-methyl/N-ethyl adjacent to an activating group) is 1. The van der Waals surface area contributed by atoms with E-state index in [1.807, 2.05) is 24.3 Å². The van der Waals surface area contributed by atoms with Gasteiger partial charge < -0.3 is 24.5 Å². The molecular weight excluding hydrogens is 531 g/mol. The summed E-state index contributed by atoms with van der Waals surface area (Å²) in [6, 6.07) is 11.2. The molecule has 2 bridgehead atoms. The van der Waals surface area contributed by atoms with E-state index in [0.717, 1.165) is 68.9 Å². The molecule has 0 radical (unpaired) electrons. The van der Waals surface area contributed by atoms with Gasteiger partial charge in [-0.05, 0) is 79.9 Å². The molecule has 3 aliphatic rings. The molecule has 8 nitrogen and oxygen atoms in total. The Bertz CT molecular complexity index is 1710. The average molecular weight is 567 g/mol. The second-order valence-electron chi connectivity index (χ2n) is 12.4. The summed E-state index contributed by atoms with van der Waals surface area (Å²) >= 11 is 0. The van der Waals surface area contributed by atoms with Gasteiger partial charge in [-0.3, -0.25) is 4.98 Å². The van der Waals surface area contributed by atoms with Crippen LogP contribution in [0.15, 0.2) is 42.6 Å². The van der Waals surface area contributed by atoms with Crippen LogP contribution in [0.4, 0.5) is 10.2 Å². The first-order valence-corrected chi connectivity index (χ1v) is 14.9. The van der Waals surface area contributed by atoms with E-state index in [0.29, 0.717) is 35.8 Å². The van der Waals surface area contributed by atoms with E-state index in [1.54, 1.807) is 18.3 Å². The quantitative estimate of drug-likeness (QED) is 0.272. The van der Waals surface area contributed by atoms with E-state index in [2.05, 4.69) is 31.7 Å². The van der Waals surface area contributed by atoms with Gasteiger partial charge in [0.15, 0.2) is 5.82 Å². The number of nitrogens with zero attached hydrogens (tertiary/aromatic N) is 6. The Hall–Kier alpha value is -4.03. The van der Waals surface area contributed by atoms with Crippen molar-refractivity contribution in [1.29, 1.82) is 0 Å². The van der Waals surface area contributed by atoms with Gasteiger partial charge in [-0.1, -0.05) is 24.3 Å². The number of halogens is 1.